The molecule has 1 saturated heterocycles. The minimum absolute atomic E-state index is 0.137. The summed E-state index contributed by atoms with van der Waals surface area (Å²) in [5.74, 6) is -0.137. The van der Waals surface area contributed by atoms with Gasteiger partial charge in [-0.25, -0.2) is 0 Å². The second-order valence-corrected chi connectivity index (χ2v) is 7.38. The topological polar surface area (TPSA) is 58.8 Å². The van der Waals surface area contributed by atoms with Crippen molar-refractivity contribution in [2.24, 2.45) is 5.73 Å². The van der Waals surface area contributed by atoms with Gasteiger partial charge in [-0.3, -0.25) is 9.69 Å². The average molecular weight is 398 g/mol. The lowest BCUT2D eigenvalue weighted by Crippen LogP contribution is -2.52. The van der Waals surface area contributed by atoms with Crippen LogP contribution in [0, 0.1) is 0 Å². The molecule has 2 aromatic rings. The summed E-state index contributed by atoms with van der Waals surface area (Å²) in [5.41, 5.74) is 10.0. The van der Waals surface area contributed by atoms with E-state index in [2.05, 4.69) is 34.1 Å². The Morgan fingerprint density at radius 1 is 1.04 bits per heavy atom. The number of hydrogen-bond acceptors (Lipinski definition) is 5. The zero-order valence-corrected chi connectivity index (χ0v) is 17.2. The second kappa shape index (κ2) is 9.17. The van der Waals surface area contributed by atoms with Crippen LogP contribution in [0.2, 0.25) is 0 Å². The SMILES string of the molecule is CCOC(=O)C(C)N1CCN(c2ccc(-c3ccc(C(N)=S)cc3)cc2)CC1. The van der Waals surface area contributed by atoms with E-state index in [0.29, 0.717) is 11.6 Å². The average Bonchev–Trinajstić information content (AvgIpc) is 2.74. The van der Waals surface area contributed by atoms with Gasteiger partial charge in [0, 0.05) is 37.4 Å². The molecule has 1 atom stereocenters. The predicted octanol–water partition coefficient (Wildman–Crippen LogP) is 3.06. The molecule has 3 rings (SSSR count). The molecule has 1 unspecified atom stereocenters. The number of carbonyl (C=O) groups excluding carboxylic acids is 1. The number of esters is 1. The van der Waals surface area contributed by atoms with Crippen LogP contribution >= 0.6 is 12.2 Å². The monoisotopic (exact) mass is 397 g/mol. The van der Waals surface area contributed by atoms with Gasteiger partial charge in [-0.2, -0.15) is 0 Å². The molecule has 2 N–H and O–H groups in total. The van der Waals surface area contributed by atoms with Crippen molar-refractivity contribution in [1.29, 1.82) is 0 Å². The van der Waals surface area contributed by atoms with Gasteiger partial charge in [0.05, 0.1) is 6.61 Å². The fourth-order valence-corrected chi connectivity index (χ4v) is 3.61. The summed E-state index contributed by atoms with van der Waals surface area (Å²) >= 11 is 5.01. The van der Waals surface area contributed by atoms with Crippen molar-refractivity contribution >= 4 is 28.9 Å². The zero-order chi connectivity index (χ0) is 20.1. The fourth-order valence-electron chi connectivity index (χ4n) is 3.47. The van der Waals surface area contributed by atoms with E-state index in [1.54, 1.807) is 0 Å². The number of benzene rings is 2. The number of rotatable bonds is 6. The van der Waals surface area contributed by atoms with Gasteiger partial charge in [0.2, 0.25) is 0 Å². The maximum absolute atomic E-state index is 11.9. The fraction of sp³-hybridized carbons (Fsp3) is 0.364. The van der Waals surface area contributed by atoms with Crippen LogP contribution in [-0.2, 0) is 9.53 Å². The zero-order valence-electron chi connectivity index (χ0n) is 16.4. The molecule has 5 nitrogen and oxygen atoms in total. The molecular formula is C22H27N3O2S. The number of hydrogen-bond donors (Lipinski definition) is 1. The molecule has 6 heteroatoms. The minimum atomic E-state index is -0.186. The minimum Gasteiger partial charge on any atom is -0.465 e. The molecule has 1 aliphatic rings. The van der Waals surface area contributed by atoms with Crippen molar-refractivity contribution in [1.82, 2.24) is 4.90 Å². The Hall–Kier alpha value is -2.44. The maximum Gasteiger partial charge on any atom is 0.323 e. The van der Waals surface area contributed by atoms with Crippen molar-refractivity contribution in [2.45, 2.75) is 19.9 Å². The quantitative estimate of drug-likeness (QED) is 0.597. The van der Waals surface area contributed by atoms with E-state index in [1.807, 2.05) is 38.1 Å². The molecule has 0 spiro atoms. The highest BCUT2D eigenvalue weighted by atomic mass is 32.1. The normalized spacial score (nSPS) is 15.9. The van der Waals surface area contributed by atoms with E-state index >= 15 is 0 Å². The summed E-state index contributed by atoms with van der Waals surface area (Å²) < 4.78 is 5.14. The Morgan fingerprint density at radius 2 is 1.57 bits per heavy atom. The highest BCUT2D eigenvalue weighted by Crippen LogP contribution is 2.24. The molecule has 0 aliphatic carbocycles. The summed E-state index contributed by atoms with van der Waals surface area (Å²) in [4.78, 5) is 16.9. The lowest BCUT2D eigenvalue weighted by molar-refractivity contribution is -0.149. The van der Waals surface area contributed by atoms with Crippen molar-refractivity contribution in [3.8, 4) is 11.1 Å². The molecule has 0 amide bonds. The third-order valence-corrected chi connectivity index (χ3v) is 5.46. The summed E-state index contributed by atoms with van der Waals surface area (Å²) in [6.45, 7) is 7.68. The lowest BCUT2D eigenvalue weighted by atomic mass is 10.0. The molecule has 1 fully saturated rings. The van der Waals surface area contributed by atoms with E-state index in [-0.39, 0.29) is 12.0 Å². The molecule has 0 bridgehead atoms. The van der Waals surface area contributed by atoms with Crippen LogP contribution in [0.25, 0.3) is 11.1 Å². The second-order valence-electron chi connectivity index (χ2n) is 6.94. The van der Waals surface area contributed by atoms with Crippen LogP contribution in [0.1, 0.15) is 19.4 Å². The van der Waals surface area contributed by atoms with Crippen LogP contribution in [0.4, 0.5) is 5.69 Å². The number of nitrogens with two attached hydrogens (primary N) is 1. The number of ether oxygens (including phenoxy) is 1. The van der Waals surface area contributed by atoms with Crippen molar-refractivity contribution in [2.75, 3.05) is 37.7 Å². The molecule has 0 saturated carbocycles. The van der Waals surface area contributed by atoms with Gasteiger partial charge in [-0.1, -0.05) is 48.6 Å². The Balaban J connectivity index is 1.60. The largest absolute Gasteiger partial charge is 0.465 e. The molecule has 2 aromatic carbocycles. The maximum atomic E-state index is 11.9. The van der Waals surface area contributed by atoms with Crippen molar-refractivity contribution in [3.63, 3.8) is 0 Å². The van der Waals surface area contributed by atoms with Crippen LogP contribution in [0.15, 0.2) is 48.5 Å². The third kappa shape index (κ3) is 4.69. The van der Waals surface area contributed by atoms with E-state index in [0.717, 1.165) is 42.9 Å². The lowest BCUT2D eigenvalue weighted by Gasteiger charge is -2.38. The van der Waals surface area contributed by atoms with Gasteiger partial charge in [0.15, 0.2) is 0 Å². The Labute approximate surface area is 172 Å². The first-order valence-corrected chi connectivity index (χ1v) is 10.1. The van der Waals surface area contributed by atoms with Crippen LogP contribution in [0.3, 0.4) is 0 Å². The Morgan fingerprint density at radius 3 is 2.07 bits per heavy atom. The van der Waals surface area contributed by atoms with Gasteiger partial charge in [0.25, 0.3) is 0 Å². The van der Waals surface area contributed by atoms with Crippen LogP contribution in [-0.4, -0.2) is 54.7 Å². The summed E-state index contributed by atoms with van der Waals surface area (Å²) in [6, 6.07) is 16.4. The van der Waals surface area contributed by atoms with Gasteiger partial charge in [0.1, 0.15) is 11.0 Å². The molecule has 0 aromatic heterocycles. The summed E-state index contributed by atoms with van der Waals surface area (Å²) in [6.07, 6.45) is 0. The molecule has 148 valence electrons. The highest BCUT2D eigenvalue weighted by molar-refractivity contribution is 7.80. The van der Waals surface area contributed by atoms with Crippen LogP contribution < -0.4 is 10.6 Å². The van der Waals surface area contributed by atoms with Crippen molar-refractivity contribution < 1.29 is 9.53 Å². The molecule has 28 heavy (non-hydrogen) atoms. The third-order valence-electron chi connectivity index (χ3n) is 5.22. The number of piperazine rings is 1. The first-order chi connectivity index (χ1) is 13.5. The van der Waals surface area contributed by atoms with Gasteiger partial charge in [-0.15, -0.1) is 0 Å². The van der Waals surface area contributed by atoms with Gasteiger partial charge < -0.3 is 15.4 Å². The number of thiocarbonyl (C=S) groups is 1. The summed E-state index contributed by atoms with van der Waals surface area (Å²) in [7, 11) is 0. The predicted molar refractivity (Wildman–Crippen MR) is 118 cm³/mol. The number of carbonyl (C=O) groups is 1. The van der Waals surface area contributed by atoms with Crippen LogP contribution in [0.5, 0.6) is 0 Å². The van der Waals surface area contributed by atoms with E-state index in [4.69, 9.17) is 22.7 Å². The first-order valence-electron chi connectivity index (χ1n) is 9.65. The highest BCUT2D eigenvalue weighted by Gasteiger charge is 2.26. The Bertz CT molecular complexity index is 813. The first kappa shape index (κ1) is 20.3. The van der Waals surface area contributed by atoms with E-state index in [1.165, 1.54) is 5.69 Å². The molecule has 1 heterocycles. The van der Waals surface area contributed by atoms with Gasteiger partial charge >= 0.3 is 5.97 Å². The molecule has 1 aliphatic heterocycles. The standard InChI is InChI=1S/C22H27N3O2S/c1-3-27-22(26)16(2)24-12-14-25(15-13-24)20-10-8-18(9-11-20)17-4-6-19(7-5-17)21(23)28/h4-11,16H,3,12-15H2,1-2H3,(H2,23,28). The van der Waals surface area contributed by atoms with E-state index < -0.39 is 0 Å². The summed E-state index contributed by atoms with van der Waals surface area (Å²) in [5, 5.41) is 0. The number of nitrogens with zero attached hydrogens (tertiary/aromatic N) is 2. The smallest absolute Gasteiger partial charge is 0.323 e. The van der Waals surface area contributed by atoms with Crippen molar-refractivity contribution in [3.05, 3.63) is 54.1 Å². The molecular weight excluding hydrogens is 370 g/mol. The number of anilines is 1. The van der Waals surface area contributed by atoms with Gasteiger partial charge in [-0.05, 0) is 37.1 Å². The molecule has 0 radical (unpaired) electrons. The van der Waals surface area contributed by atoms with E-state index in [9.17, 15) is 4.79 Å². The Kier molecular flexibility index (Phi) is 6.65.